The van der Waals surface area contributed by atoms with E-state index in [9.17, 15) is 4.79 Å². The van der Waals surface area contributed by atoms with E-state index in [0.29, 0.717) is 0 Å². The van der Waals surface area contributed by atoms with Crippen molar-refractivity contribution in [2.75, 3.05) is 6.61 Å². The molecule has 0 atom stereocenters. The van der Waals surface area contributed by atoms with Gasteiger partial charge in [-0.25, -0.2) is 9.78 Å². The first-order valence-corrected chi connectivity index (χ1v) is 3.68. The molecule has 0 radical (unpaired) electrons. The summed E-state index contributed by atoms with van der Waals surface area (Å²) in [6.45, 7) is 1.88. The van der Waals surface area contributed by atoms with Gasteiger partial charge in [0.15, 0.2) is 5.82 Å². The fourth-order valence-electron chi connectivity index (χ4n) is 0.779. The Kier molecular flexibility index (Phi) is 3.02. The Morgan fingerprint density at radius 2 is 2.62 bits per heavy atom. The third-order valence-electron chi connectivity index (χ3n) is 1.29. The lowest BCUT2D eigenvalue weighted by Gasteiger charge is -1.99. The normalized spacial score (nSPS) is 11.3. The minimum Gasteiger partial charge on any atom is -0.461 e. The molecule has 0 aromatic carbocycles. The third kappa shape index (κ3) is 2.05. The highest BCUT2D eigenvalue weighted by atomic mass is 16.5. The van der Waals surface area contributed by atoms with Gasteiger partial charge in [0.25, 0.3) is 0 Å². The van der Waals surface area contributed by atoms with Gasteiger partial charge in [-0.1, -0.05) is 5.16 Å². The summed E-state index contributed by atoms with van der Waals surface area (Å²) in [5.41, 5.74) is -0.230. The van der Waals surface area contributed by atoms with E-state index >= 15 is 0 Å². The highest BCUT2D eigenvalue weighted by Crippen LogP contribution is 1.95. The van der Waals surface area contributed by atoms with Crippen molar-refractivity contribution in [1.29, 1.82) is 0 Å². The molecule has 6 heteroatoms. The van der Waals surface area contributed by atoms with Crippen LogP contribution in [-0.2, 0) is 9.53 Å². The minimum absolute atomic E-state index is 0.181. The molecule has 1 rings (SSSR count). The number of H-pyrrole nitrogens is 1. The molecule has 1 aromatic heterocycles. The molecule has 13 heavy (non-hydrogen) atoms. The summed E-state index contributed by atoms with van der Waals surface area (Å²) in [5.74, 6) is -0.527. The summed E-state index contributed by atoms with van der Waals surface area (Å²) in [4.78, 5) is 17.5. The maximum Gasteiger partial charge on any atom is 0.364 e. The Labute approximate surface area is 74.2 Å². The van der Waals surface area contributed by atoms with E-state index in [4.69, 9.17) is 5.21 Å². The average Bonchev–Trinajstić information content (AvgIpc) is 2.59. The number of hydrogen-bond acceptors (Lipinski definition) is 5. The predicted molar refractivity (Wildman–Crippen MR) is 43.5 cm³/mol. The largest absolute Gasteiger partial charge is 0.461 e. The second-order valence-corrected chi connectivity index (χ2v) is 2.11. The van der Waals surface area contributed by atoms with Gasteiger partial charge in [0.05, 0.1) is 6.61 Å². The van der Waals surface area contributed by atoms with E-state index in [-0.39, 0.29) is 18.1 Å². The lowest BCUT2D eigenvalue weighted by Crippen LogP contribution is -2.20. The smallest absolute Gasteiger partial charge is 0.364 e. The maximum atomic E-state index is 11.1. The van der Waals surface area contributed by atoms with E-state index < -0.39 is 5.97 Å². The molecule has 0 amide bonds. The number of hydrogen-bond donors (Lipinski definition) is 2. The highest BCUT2D eigenvalue weighted by Gasteiger charge is 2.17. The lowest BCUT2D eigenvalue weighted by molar-refractivity contribution is -0.135. The first-order valence-electron chi connectivity index (χ1n) is 3.68. The summed E-state index contributed by atoms with van der Waals surface area (Å²) in [5, 5.41) is 11.3. The molecule has 2 N–H and O–H groups in total. The SMILES string of the molecule is CCOC(=O)/C(=N/O)c1ncc[nH]1. The maximum absolute atomic E-state index is 11.1. The topological polar surface area (TPSA) is 87.6 Å². The standard InChI is InChI=1S/C7H9N3O3/c1-2-13-7(11)5(10-12)6-8-3-4-9-6/h3-4,12H,2H2,1H3,(H,8,9)/b10-5+. The molecule has 0 saturated heterocycles. The summed E-state index contributed by atoms with van der Waals surface area (Å²) >= 11 is 0. The van der Waals surface area contributed by atoms with Gasteiger partial charge in [0.1, 0.15) is 0 Å². The number of nitrogens with zero attached hydrogens (tertiary/aromatic N) is 2. The van der Waals surface area contributed by atoms with E-state index in [0.717, 1.165) is 0 Å². The van der Waals surface area contributed by atoms with Crippen molar-refractivity contribution in [2.24, 2.45) is 5.16 Å². The van der Waals surface area contributed by atoms with Crippen LogP contribution in [0.2, 0.25) is 0 Å². The van der Waals surface area contributed by atoms with Crippen LogP contribution >= 0.6 is 0 Å². The Morgan fingerprint density at radius 1 is 1.85 bits per heavy atom. The summed E-state index contributed by atoms with van der Waals surface area (Å²) < 4.78 is 4.63. The van der Waals surface area contributed by atoms with Crippen molar-refractivity contribution in [3.05, 3.63) is 18.2 Å². The van der Waals surface area contributed by atoms with Crippen LogP contribution in [0.3, 0.4) is 0 Å². The second kappa shape index (κ2) is 4.24. The van der Waals surface area contributed by atoms with Crippen LogP contribution < -0.4 is 0 Å². The number of esters is 1. The molecular formula is C7H9N3O3. The fraction of sp³-hybridized carbons (Fsp3) is 0.286. The van der Waals surface area contributed by atoms with Gasteiger partial charge in [-0.3, -0.25) is 0 Å². The number of rotatable bonds is 3. The average molecular weight is 183 g/mol. The molecule has 1 aromatic rings. The second-order valence-electron chi connectivity index (χ2n) is 2.11. The van der Waals surface area contributed by atoms with Crippen LogP contribution in [0.4, 0.5) is 0 Å². The molecule has 0 spiro atoms. The van der Waals surface area contributed by atoms with E-state index in [1.54, 1.807) is 6.92 Å². The van der Waals surface area contributed by atoms with Crippen LogP contribution in [-0.4, -0.2) is 33.5 Å². The molecule has 6 nitrogen and oxygen atoms in total. The Hall–Kier alpha value is -1.85. The number of imidazole rings is 1. The van der Waals surface area contributed by atoms with Crippen LogP contribution in [0.25, 0.3) is 0 Å². The molecule has 70 valence electrons. The molecule has 0 bridgehead atoms. The minimum atomic E-state index is -0.708. The summed E-state index contributed by atoms with van der Waals surface area (Å²) in [6, 6.07) is 0. The predicted octanol–water partition coefficient (Wildman–Crippen LogP) is 0.151. The molecule has 0 fully saturated rings. The fourth-order valence-corrected chi connectivity index (χ4v) is 0.779. The van der Waals surface area contributed by atoms with Crippen molar-refractivity contribution in [3.63, 3.8) is 0 Å². The van der Waals surface area contributed by atoms with Gasteiger partial charge in [0, 0.05) is 12.4 Å². The zero-order valence-corrected chi connectivity index (χ0v) is 7.02. The van der Waals surface area contributed by atoms with Gasteiger partial charge >= 0.3 is 5.97 Å². The number of carbonyl (C=O) groups excluding carboxylic acids is 1. The molecule has 0 aliphatic rings. The van der Waals surface area contributed by atoms with E-state index in [1.165, 1.54) is 12.4 Å². The van der Waals surface area contributed by atoms with E-state index in [1.807, 2.05) is 0 Å². The first kappa shape index (κ1) is 9.24. The van der Waals surface area contributed by atoms with Crippen LogP contribution in [0.5, 0.6) is 0 Å². The van der Waals surface area contributed by atoms with Gasteiger partial charge in [0.2, 0.25) is 5.71 Å². The van der Waals surface area contributed by atoms with Gasteiger partial charge in [-0.05, 0) is 6.92 Å². The number of carbonyl (C=O) groups is 1. The van der Waals surface area contributed by atoms with Crippen LogP contribution in [0, 0.1) is 0 Å². The van der Waals surface area contributed by atoms with Crippen molar-refractivity contribution in [1.82, 2.24) is 9.97 Å². The molecule has 0 aliphatic carbocycles. The molecule has 0 saturated carbocycles. The lowest BCUT2D eigenvalue weighted by atomic mass is 10.3. The zero-order valence-electron chi connectivity index (χ0n) is 7.02. The Balaban J connectivity index is 2.82. The van der Waals surface area contributed by atoms with Crippen molar-refractivity contribution in [2.45, 2.75) is 6.92 Å². The molecule has 0 unspecified atom stereocenters. The van der Waals surface area contributed by atoms with Gasteiger partial charge < -0.3 is 14.9 Å². The van der Waals surface area contributed by atoms with Crippen LogP contribution in [0.1, 0.15) is 12.7 Å². The summed E-state index contributed by atoms with van der Waals surface area (Å²) in [6.07, 6.45) is 2.96. The van der Waals surface area contributed by atoms with Gasteiger partial charge in [-0.2, -0.15) is 0 Å². The van der Waals surface area contributed by atoms with Crippen molar-refractivity contribution in [3.8, 4) is 0 Å². The number of ether oxygens (including phenoxy) is 1. The Morgan fingerprint density at radius 3 is 3.08 bits per heavy atom. The van der Waals surface area contributed by atoms with Crippen LogP contribution in [0.15, 0.2) is 17.5 Å². The number of oxime groups is 1. The molecule has 0 aliphatic heterocycles. The summed E-state index contributed by atoms with van der Waals surface area (Å²) in [7, 11) is 0. The van der Waals surface area contributed by atoms with Crippen molar-refractivity contribution < 1.29 is 14.7 Å². The van der Waals surface area contributed by atoms with Gasteiger partial charge in [-0.15, -0.1) is 0 Å². The first-order chi connectivity index (χ1) is 6.29. The number of nitrogens with one attached hydrogen (secondary N) is 1. The number of aromatic amines is 1. The molecule has 1 heterocycles. The molecular weight excluding hydrogens is 174 g/mol. The zero-order chi connectivity index (χ0) is 9.68. The third-order valence-corrected chi connectivity index (χ3v) is 1.29. The monoisotopic (exact) mass is 183 g/mol. The Bertz CT molecular complexity index is 305. The quantitative estimate of drug-likeness (QED) is 0.302. The van der Waals surface area contributed by atoms with E-state index in [2.05, 4.69) is 19.9 Å². The number of aromatic nitrogens is 2. The van der Waals surface area contributed by atoms with Crippen molar-refractivity contribution >= 4 is 11.7 Å². The highest BCUT2D eigenvalue weighted by molar-refractivity contribution is 6.42.